The van der Waals surface area contributed by atoms with Gasteiger partial charge in [0.1, 0.15) is 17.2 Å². The van der Waals surface area contributed by atoms with Gasteiger partial charge >= 0.3 is 5.91 Å². The second-order valence-electron chi connectivity index (χ2n) is 21.2. The van der Waals surface area contributed by atoms with Gasteiger partial charge in [0.2, 0.25) is 9.04 Å². The smallest absolute Gasteiger partial charge is 0.345 e. The van der Waals surface area contributed by atoms with E-state index >= 15 is 4.79 Å². The standard InChI is InChI=1S/C58H67N3O5SSi2/c1-55(2,3)51-40-61(58(51,64-43-28-16-10-17-29-43)65-44-30-18-11-19-31-44)54-60-50(42-67-54)53(62)59-49(41-63-69(57(7,8)9,47-36-24-14-25-37-47)48-38-26-15-27-39-48)52(56(4,5)6)66-68(45-32-20-12-21-33-45)46-34-22-13-23-35-46/h10-39,42,49,51-52,68H,40-41H2,1-9H3,(H,59,62). The van der Waals surface area contributed by atoms with Gasteiger partial charge in [-0.2, -0.15) is 0 Å². The molecular formula is C58H67N3O5SSi2. The third-order valence-electron chi connectivity index (χ3n) is 13.1. The highest BCUT2D eigenvalue weighted by atomic mass is 32.1. The van der Waals surface area contributed by atoms with E-state index in [4.69, 9.17) is 23.3 Å². The normalized spacial score (nSPS) is 16.0. The van der Waals surface area contributed by atoms with Crippen LogP contribution in [0.25, 0.3) is 0 Å². The van der Waals surface area contributed by atoms with Crippen molar-refractivity contribution in [2.45, 2.75) is 85.4 Å². The fourth-order valence-corrected chi connectivity index (χ4v) is 17.9. The molecule has 8 rings (SSSR count). The molecule has 1 aliphatic rings. The molecular weight excluding hydrogens is 907 g/mol. The molecule has 358 valence electrons. The number of amides is 1. The van der Waals surface area contributed by atoms with Crippen LogP contribution in [0, 0.1) is 16.7 Å². The third kappa shape index (κ3) is 10.8. The molecule has 3 atom stereocenters. The minimum Gasteiger partial charge on any atom is -0.435 e. The molecule has 3 unspecified atom stereocenters. The van der Waals surface area contributed by atoms with Crippen LogP contribution in [0.5, 0.6) is 11.5 Å². The van der Waals surface area contributed by atoms with Gasteiger partial charge in [-0.3, -0.25) is 9.69 Å². The number of aromatic nitrogens is 1. The topological polar surface area (TPSA) is 82.2 Å². The maximum absolute atomic E-state index is 15.1. The highest BCUT2D eigenvalue weighted by Crippen LogP contribution is 2.51. The molecule has 11 heteroatoms. The quantitative estimate of drug-likeness (QED) is 0.0719. The van der Waals surface area contributed by atoms with Crippen LogP contribution in [0.3, 0.4) is 0 Å². The molecule has 0 bridgehead atoms. The minimum absolute atomic E-state index is 0.0642. The van der Waals surface area contributed by atoms with Gasteiger partial charge in [0.15, 0.2) is 5.13 Å². The maximum atomic E-state index is 15.1. The Morgan fingerprint density at radius 2 is 1.12 bits per heavy atom. The summed E-state index contributed by atoms with van der Waals surface area (Å²) >= 11 is 1.40. The van der Waals surface area contributed by atoms with Gasteiger partial charge in [0.05, 0.1) is 24.7 Å². The molecule has 69 heavy (non-hydrogen) atoms. The van der Waals surface area contributed by atoms with Gasteiger partial charge in [-0.25, -0.2) is 4.98 Å². The largest absolute Gasteiger partial charge is 0.435 e. The Bertz CT molecular complexity index is 2590. The van der Waals surface area contributed by atoms with Crippen molar-refractivity contribution >= 4 is 60.5 Å². The van der Waals surface area contributed by atoms with Crippen molar-refractivity contribution < 1.29 is 23.1 Å². The lowest BCUT2D eigenvalue weighted by Gasteiger charge is -2.59. The van der Waals surface area contributed by atoms with Gasteiger partial charge in [-0.1, -0.05) is 220 Å². The first-order valence-corrected chi connectivity index (χ1v) is 28.4. The summed E-state index contributed by atoms with van der Waals surface area (Å²) in [6, 6.07) is 61.3. The Morgan fingerprint density at radius 1 is 0.681 bits per heavy atom. The van der Waals surface area contributed by atoms with Crippen LogP contribution in [0.4, 0.5) is 5.13 Å². The van der Waals surface area contributed by atoms with Crippen molar-refractivity contribution in [1.82, 2.24) is 10.3 Å². The number of anilines is 1. The molecule has 0 spiro atoms. The number of benzene rings is 6. The number of rotatable bonds is 17. The molecule has 6 aromatic carbocycles. The third-order valence-corrected chi connectivity index (χ3v) is 21.5. The number of nitrogens with one attached hydrogen (secondary N) is 1. The first-order chi connectivity index (χ1) is 33.0. The van der Waals surface area contributed by atoms with Crippen molar-refractivity contribution in [2.24, 2.45) is 16.7 Å². The number of carbonyl (C=O) groups is 1. The van der Waals surface area contributed by atoms with E-state index in [2.05, 4.69) is 182 Å². The Morgan fingerprint density at radius 3 is 1.54 bits per heavy atom. The molecule has 0 aliphatic carbocycles. The lowest BCUT2D eigenvalue weighted by Crippen LogP contribution is -2.76. The molecule has 0 radical (unpaired) electrons. The Labute approximate surface area is 416 Å². The van der Waals surface area contributed by atoms with Gasteiger partial charge in [-0.15, -0.1) is 11.3 Å². The van der Waals surface area contributed by atoms with Gasteiger partial charge in [0.25, 0.3) is 14.2 Å². The summed E-state index contributed by atoms with van der Waals surface area (Å²) in [7, 11) is -5.42. The molecule has 1 aromatic heterocycles. The summed E-state index contributed by atoms with van der Waals surface area (Å²) in [6.07, 6.45) is -0.482. The summed E-state index contributed by atoms with van der Waals surface area (Å²) in [5, 5.41) is 10.3. The SMILES string of the molecule is CC(C)(C)C(O[SiH](c1ccccc1)c1ccccc1)C(CO[Si](c1ccccc1)(c1ccccc1)C(C)(C)C)NC(=O)c1csc(N2CC(C(C)(C)C)C2(Oc2ccccc2)Oc2ccccc2)n1. The van der Waals surface area contributed by atoms with E-state index in [0.29, 0.717) is 28.9 Å². The van der Waals surface area contributed by atoms with Crippen LogP contribution in [0.15, 0.2) is 187 Å². The first-order valence-electron chi connectivity index (χ1n) is 24.0. The van der Waals surface area contributed by atoms with Gasteiger partial charge in [0, 0.05) is 11.9 Å². The zero-order valence-corrected chi connectivity index (χ0v) is 44.4. The number of ether oxygens (including phenoxy) is 2. The summed E-state index contributed by atoms with van der Waals surface area (Å²) in [6.45, 7) is 20.8. The molecule has 0 saturated carbocycles. The summed E-state index contributed by atoms with van der Waals surface area (Å²) in [5.74, 6) is -0.280. The second-order valence-corrected chi connectivity index (χ2v) is 28.7. The predicted octanol–water partition coefficient (Wildman–Crippen LogP) is 10.1. The monoisotopic (exact) mass is 973 g/mol. The minimum atomic E-state index is -3.07. The zero-order valence-electron chi connectivity index (χ0n) is 41.5. The fraction of sp³-hybridized carbons (Fsp3) is 0.310. The highest BCUT2D eigenvalue weighted by Gasteiger charge is 2.64. The molecule has 2 heterocycles. The van der Waals surface area contributed by atoms with E-state index < -0.39 is 40.8 Å². The highest BCUT2D eigenvalue weighted by molar-refractivity contribution is 7.14. The fourth-order valence-electron chi connectivity index (χ4n) is 9.69. The number of nitrogens with zero attached hydrogens (tertiary/aromatic N) is 2. The van der Waals surface area contributed by atoms with Crippen LogP contribution in [-0.2, 0) is 8.85 Å². The summed E-state index contributed by atoms with van der Waals surface area (Å²) in [5.41, 5.74) is -0.360. The summed E-state index contributed by atoms with van der Waals surface area (Å²) < 4.78 is 29.2. The summed E-state index contributed by atoms with van der Waals surface area (Å²) in [4.78, 5) is 22.3. The Kier molecular flexibility index (Phi) is 14.8. The molecule has 1 saturated heterocycles. The van der Waals surface area contributed by atoms with Crippen LogP contribution in [0.1, 0.15) is 72.8 Å². The maximum Gasteiger partial charge on any atom is 0.345 e. The van der Waals surface area contributed by atoms with Crippen LogP contribution < -0.4 is 40.4 Å². The lowest BCUT2D eigenvalue weighted by atomic mass is 9.72. The Balaban J connectivity index is 1.19. The van der Waals surface area contributed by atoms with Crippen molar-refractivity contribution in [2.75, 3.05) is 18.1 Å². The van der Waals surface area contributed by atoms with Crippen molar-refractivity contribution in [3.05, 3.63) is 193 Å². The lowest BCUT2D eigenvalue weighted by molar-refractivity contribution is -0.224. The first kappa shape index (κ1) is 49.6. The van der Waals surface area contributed by atoms with Crippen molar-refractivity contribution in [3.63, 3.8) is 0 Å². The molecule has 1 fully saturated rings. The van der Waals surface area contributed by atoms with E-state index in [1.54, 1.807) is 0 Å². The van der Waals surface area contributed by atoms with Crippen LogP contribution in [0.2, 0.25) is 5.04 Å². The van der Waals surface area contributed by atoms with Crippen LogP contribution in [-0.4, -0.2) is 59.5 Å². The van der Waals surface area contributed by atoms with Crippen molar-refractivity contribution in [3.8, 4) is 11.5 Å². The number of hydrogen-bond donors (Lipinski definition) is 1. The van der Waals surface area contributed by atoms with E-state index in [1.165, 1.54) is 11.3 Å². The number of para-hydroxylation sites is 2. The van der Waals surface area contributed by atoms with E-state index in [9.17, 15) is 0 Å². The average molecular weight is 974 g/mol. The Hall–Kier alpha value is -5.83. The molecule has 7 aromatic rings. The van der Waals surface area contributed by atoms with Gasteiger partial charge in [-0.05, 0) is 60.9 Å². The zero-order chi connectivity index (χ0) is 48.9. The second kappa shape index (κ2) is 20.6. The number of hydrogen-bond acceptors (Lipinski definition) is 8. The number of carbonyl (C=O) groups excluding carboxylic acids is 1. The van der Waals surface area contributed by atoms with E-state index in [-0.39, 0.29) is 28.9 Å². The van der Waals surface area contributed by atoms with E-state index in [0.717, 1.165) is 20.7 Å². The van der Waals surface area contributed by atoms with Crippen molar-refractivity contribution in [1.29, 1.82) is 0 Å². The van der Waals surface area contributed by atoms with E-state index in [1.807, 2.05) is 78.2 Å². The molecule has 1 aliphatic heterocycles. The average Bonchev–Trinajstić information content (AvgIpc) is 3.81. The molecule has 8 nitrogen and oxygen atoms in total. The molecule has 1 amide bonds. The molecule has 1 N–H and O–H groups in total. The number of thiazole rings is 1. The van der Waals surface area contributed by atoms with Gasteiger partial charge < -0.3 is 23.6 Å². The predicted molar refractivity (Wildman–Crippen MR) is 288 cm³/mol. The van der Waals surface area contributed by atoms with Crippen LogP contribution >= 0.6 is 11.3 Å².